The second kappa shape index (κ2) is 6.57. The summed E-state index contributed by atoms with van der Waals surface area (Å²) < 4.78 is 5.87. The van der Waals surface area contributed by atoms with E-state index in [0.29, 0.717) is 5.75 Å². The molecule has 2 rings (SSSR count). The van der Waals surface area contributed by atoms with Gasteiger partial charge < -0.3 is 9.84 Å². The van der Waals surface area contributed by atoms with Crippen molar-refractivity contribution in [2.24, 2.45) is 0 Å². The predicted octanol–water partition coefficient (Wildman–Crippen LogP) is 3.92. The summed E-state index contributed by atoms with van der Waals surface area (Å²) in [7, 11) is 0. The average Bonchev–Trinajstić information content (AvgIpc) is 2.46. The minimum Gasteiger partial charge on any atom is -0.486 e. The zero-order chi connectivity index (χ0) is 14.4. The number of aliphatic carboxylic acids is 1. The first kappa shape index (κ1) is 13.9. The Balaban J connectivity index is 2.10. The Kier molecular flexibility index (Phi) is 4.56. The maximum absolute atomic E-state index is 10.5. The standard InChI is InChI=1S/C17H16O3/c1-13(15-7-3-2-4-8-15)20-16-9-5-6-14(12-16)10-11-17(18)19/h2-13H,1H3,(H,18,19). The number of hydrogen-bond donors (Lipinski definition) is 1. The Hall–Kier alpha value is -2.55. The molecule has 0 aliphatic heterocycles. The summed E-state index contributed by atoms with van der Waals surface area (Å²) in [4.78, 5) is 10.5. The van der Waals surface area contributed by atoms with E-state index in [0.717, 1.165) is 17.2 Å². The molecule has 0 radical (unpaired) electrons. The number of carboxylic acid groups (broad SMARTS) is 1. The van der Waals surface area contributed by atoms with Crippen molar-refractivity contribution in [2.45, 2.75) is 13.0 Å². The summed E-state index contributed by atoms with van der Waals surface area (Å²) in [5, 5.41) is 8.62. The molecule has 0 fully saturated rings. The van der Waals surface area contributed by atoms with Crippen LogP contribution in [0, 0.1) is 0 Å². The molecule has 0 spiro atoms. The Labute approximate surface area is 118 Å². The van der Waals surface area contributed by atoms with E-state index in [4.69, 9.17) is 9.84 Å². The molecule has 0 heterocycles. The summed E-state index contributed by atoms with van der Waals surface area (Å²) in [6.45, 7) is 1.98. The molecule has 1 atom stereocenters. The van der Waals surface area contributed by atoms with E-state index >= 15 is 0 Å². The smallest absolute Gasteiger partial charge is 0.328 e. The van der Waals surface area contributed by atoms with Gasteiger partial charge in [0.2, 0.25) is 0 Å². The van der Waals surface area contributed by atoms with Gasteiger partial charge in [-0.1, -0.05) is 42.5 Å². The maximum atomic E-state index is 10.5. The summed E-state index contributed by atoms with van der Waals surface area (Å²) in [5.41, 5.74) is 1.89. The fourth-order valence-electron chi connectivity index (χ4n) is 1.86. The maximum Gasteiger partial charge on any atom is 0.328 e. The van der Waals surface area contributed by atoms with Crippen molar-refractivity contribution >= 4 is 12.0 Å². The Morgan fingerprint density at radius 3 is 2.60 bits per heavy atom. The van der Waals surface area contributed by atoms with Gasteiger partial charge in [-0.2, -0.15) is 0 Å². The third-order valence-corrected chi connectivity index (χ3v) is 2.86. The van der Waals surface area contributed by atoms with Crippen LogP contribution in [0.3, 0.4) is 0 Å². The third-order valence-electron chi connectivity index (χ3n) is 2.86. The quantitative estimate of drug-likeness (QED) is 0.836. The van der Waals surface area contributed by atoms with Crippen molar-refractivity contribution in [3.8, 4) is 5.75 Å². The first-order chi connectivity index (χ1) is 9.65. The molecule has 1 N–H and O–H groups in total. The number of carboxylic acids is 1. The predicted molar refractivity (Wildman–Crippen MR) is 78.6 cm³/mol. The van der Waals surface area contributed by atoms with E-state index in [2.05, 4.69) is 0 Å². The van der Waals surface area contributed by atoms with Gasteiger partial charge in [0.1, 0.15) is 11.9 Å². The molecule has 0 saturated heterocycles. The number of carbonyl (C=O) groups is 1. The monoisotopic (exact) mass is 268 g/mol. The molecule has 1 unspecified atom stereocenters. The minimum atomic E-state index is -0.964. The van der Waals surface area contributed by atoms with Crippen LogP contribution in [-0.2, 0) is 4.79 Å². The molecule has 2 aromatic carbocycles. The van der Waals surface area contributed by atoms with Crippen LogP contribution < -0.4 is 4.74 Å². The molecule has 0 bridgehead atoms. The molecule has 0 aliphatic carbocycles. The SMILES string of the molecule is CC(Oc1cccc(C=CC(=O)O)c1)c1ccccc1. The van der Waals surface area contributed by atoms with Gasteiger partial charge in [-0.25, -0.2) is 4.79 Å². The van der Waals surface area contributed by atoms with Gasteiger partial charge in [0, 0.05) is 6.08 Å². The second-order valence-corrected chi connectivity index (χ2v) is 4.41. The van der Waals surface area contributed by atoms with Crippen molar-refractivity contribution in [1.82, 2.24) is 0 Å². The molecule has 3 nitrogen and oxygen atoms in total. The number of hydrogen-bond acceptors (Lipinski definition) is 2. The molecule has 102 valence electrons. The van der Waals surface area contributed by atoms with E-state index in [-0.39, 0.29) is 6.10 Å². The van der Waals surface area contributed by atoms with Gasteiger partial charge in [-0.15, -0.1) is 0 Å². The molecule has 0 aromatic heterocycles. The van der Waals surface area contributed by atoms with Crippen LogP contribution in [0.5, 0.6) is 5.75 Å². The fourth-order valence-corrected chi connectivity index (χ4v) is 1.86. The summed E-state index contributed by atoms with van der Waals surface area (Å²) in [6, 6.07) is 17.3. The topological polar surface area (TPSA) is 46.5 Å². The highest BCUT2D eigenvalue weighted by Gasteiger charge is 2.06. The van der Waals surface area contributed by atoms with Crippen molar-refractivity contribution in [3.63, 3.8) is 0 Å². The van der Waals surface area contributed by atoms with Gasteiger partial charge in [-0.05, 0) is 36.3 Å². The lowest BCUT2D eigenvalue weighted by atomic mass is 10.1. The Morgan fingerprint density at radius 1 is 1.15 bits per heavy atom. The summed E-state index contributed by atoms with van der Waals surface area (Å²) in [6.07, 6.45) is 2.59. The van der Waals surface area contributed by atoms with Crippen LogP contribution in [0.15, 0.2) is 60.7 Å². The molecule has 0 amide bonds. The lowest BCUT2D eigenvalue weighted by molar-refractivity contribution is -0.131. The molecular formula is C17H16O3. The lowest BCUT2D eigenvalue weighted by Gasteiger charge is -2.15. The largest absolute Gasteiger partial charge is 0.486 e. The Bertz CT molecular complexity index is 603. The van der Waals surface area contributed by atoms with Gasteiger partial charge >= 0.3 is 5.97 Å². The zero-order valence-corrected chi connectivity index (χ0v) is 11.2. The average molecular weight is 268 g/mol. The lowest BCUT2D eigenvalue weighted by Crippen LogP contribution is -2.02. The van der Waals surface area contributed by atoms with Gasteiger partial charge in [0.15, 0.2) is 0 Å². The van der Waals surface area contributed by atoms with Crippen LogP contribution in [0.2, 0.25) is 0 Å². The molecule has 0 aliphatic rings. The van der Waals surface area contributed by atoms with E-state index in [1.54, 1.807) is 6.08 Å². The molecule has 20 heavy (non-hydrogen) atoms. The van der Waals surface area contributed by atoms with Gasteiger partial charge in [0.25, 0.3) is 0 Å². The molecule has 0 saturated carbocycles. The van der Waals surface area contributed by atoms with Gasteiger partial charge in [-0.3, -0.25) is 0 Å². The summed E-state index contributed by atoms with van der Waals surface area (Å²) >= 11 is 0. The first-order valence-corrected chi connectivity index (χ1v) is 6.38. The van der Waals surface area contributed by atoms with E-state index in [1.807, 2.05) is 61.5 Å². The molecule has 2 aromatic rings. The number of ether oxygens (including phenoxy) is 1. The zero-order valence-electron chi connectivity index (χ0n) is 11.2. The van der Waals surface area contributed by atoms with Crippen LogP contribution in [0.1, 0.15) is 24.2 Å². The third kappa shape index (κ3) is 3.99. The van der Waals surface area contributed by atoms with Gasteiger partial charge in [0.05, 0.1) is 0 Å². The molecule has 3 heteroatoms. The Morgan fingerprint density at radius 2 is 1.90 bits per heavy atom. The fraction of sp³-hybridized carbons (Fsp3) is 0.118. The van der Waals surface area contributed by atoms with Crippen LogP contribution in [0.25, 0.3) is 6.08 Å². The van der Waals surface area contributed by atoms with E-state index < -0.39 is 5.97 Å². The number of benzene rings is 2. The second-order valence-electron chi connectivity index (χ2n) is 4.41. The van der Waals surface area contributed by atoms with E-state index in [1.165, 1.54) is 0 Å². The van der Waals surface area contributed by atoms with Crippen LogP contribution in [-0.4, -0.2) is 11.1 Å². The highest BCUT2D eigenvalue weighted by Crippen LogP contribution is 2.22. The van der Waals surface area contributed by atoms with Crippen LogP contribution >= 0.6 is 0 Å². The minimum absolute atomic E-state index is 0.0603. The van der Waals surface area contributed by atoms with E-state index in [9.17, 15) is 4.79 Å². The summed E-state index contributed by atoms with van der Waals surface area (Å²) in [5.74, 6) is -0.247. The van der Waals surface area contributed by atoms with Crippen molar-refractivity contribution in [1.29, 1.82) is 0 Å². The van der Waals surface area contributed by atoms with Crippen molar-refractivity contribution < 1.29 is 14.6 Å². The van der Waals surface area contributed by atoms with Crippen molar-refractivity contribution in [2.75, 3.05) is 0 Å². The normalized spacial score (nSPS) is 12.2. The molecular weight excluding hydrogens is 252 g/mol. The van der Waals surface area contributed by atoms with Crippen molar-refractivity contribution in [3.05, 3.63) is 71.8 Å². The highest BCUT2D eigenvalue weighted by molar-refractivity contribution is 5.85. The highest BCUT2D eigenvalue weighted by atomic mass is 16.5. The van der Waals surface area contributed by atoms with Crippen LogP contribution in [0.4, 0.5) is 0 Å². The first-order valence-electron chi connectivity index (χ1n) is 6.38. The number of rotatable bonds is 5.